The number of rotatable bonds is 6. The molecule has 0 spiro atoms. The van der Waals surface area contributed by atoms with Crippen molar-refractivity contribution in [2.24, 2.45) is 11.8 Å². The maximum Gasteiger partial charge on any atom is 0.170 e. The highest BCUT2D eigenvalue weighted by atomic mass is 16.3. The minimum Gasteiger partial charge on any atom is -0.507 e. The van der Waals surface area contributed by atoms with Gasteiger partial charge in [0.25, 0.3) is 0 Å². The number of hydrogen-bond acceptors (Lipinski definition) is 5. The van der Waals surface area contributed by atoms with Crippen LogP contribution in [0.3, 0.4) is 0 Å². The van der Waals surface area contributed by atoms with Gasteiger partial charge < -0.3 is 15.3 Å². The van der Waals surface area contributed by atoms with Crippen LogP contribution < -0.4 is 0 Å². The Bertz CT molecular complexity index is 512. The van der Waals surface area contributed by atoms with E-state index in [-0.39, 0.29) is 35.8 Å². The van der Waals surface area contributed by atoms with Crippen molar-refractivity contribution < 1.29 is 24.9 Å². The molecule has 0 aliphatic carbocycles. The highest BCUT2D eigenvalue weighted by Crippen LogP contribution is 2.39. The van der Waals surface area contributed by atoms with E-state index in [2.05, 4.69) is 0 Å². The number of phenols is 3. The molecule has 0 saturated carbocycles. The molecular formula is C16H22O5. The average molecular weight is 294 g/mol. The van der Waals surface area contributed by atoms with E-state index in [1.54, 1.807) is 0 Å². The lowest BCUT2D eigenvalue weighted by atomic mass is 9.93. The normalized spacial score (nSPS) is 11.1. The van der Waals surface area contributed by atoms with Gasteiger partial charge in [0.15, 0.2) is 11.6 Å². The molecule has 0 aliphatic rings. The minimum atomic E-state index is -0.635. The molecule has 116 valence electrons. The van der Waals surface area contributed by atoms with Crippen LogP contribution in [0.5, 0.6) is 17.2 Å². The van der Waals surface area contributed by atoms with Crippen LogP contribution in [-0.2, 0) is 0 Å². The van der Waals surface area contributed by atoms with E-state index >= 15 is 0 Å². The maximum absolute atomic E-state index is 12.1. The van der Waals surface area contributed by atoms with Gasteiger partial charge in [0.05, 0.1) is 0 Å². The van der Waals surface area contributed by atoms with Crippen molar-refractivity contribution in [3.8, 4) is 17.2 Å². The molecule has 0 atom stereocenters. The summed E-state index contributed by atoms with van der Waals surface area (Å²) in [5.41, 5.74) is -0.595. The van der Waals surface area contributed by atoms with Crippen molar-refractivity contribution >= 4 is 11.6 Å². The average Bonchev–Trinajstić information content (AvgIpc) is 2.24. The topological polar surface area (TPSA) is 94.8 Å². The number of Topliss-reactive ketones (excluding diaryl/α,β-unsaturated/α-hetero) is 2. The molecule has 0 fully saturated rings. The second kappa shape index (κ2) is 6.61. The Morgan fingerprint density at radius 1 is 0.857 bits per heavy atom. The smallest absolute Gasteiger partial charge is 0.170 e. The monoisotopic (exact) mass is 294 g/mol. The Morgan fingerprint density at radius 2 is 1.19 bits per heavy atom. The fourth-order valence-corrected chi connectivity index (χ4v) is 2.14. The van der Waals surface area contributed by atoms with Crippen molar-refractivity contribution in [3.63, 3.8) is 0 Å². The number of aromatic hydroxyl groups is 3. The number of benzene rings is 1. The molecule has 0 saturated heterocycles. The molecule has 0 aliphatic heterocycles. The fraction of sp³-hybridized carbons (Fsp3) is 0.500. The number of carbonyl (C=O) groups excluding carboxylic acids is 2. The summed E-state index contributed by atoms with van der Waals surface area (Å²) in [5.74, 6) is -2.51. The zero-order chi connectivity index (χ0) is 16.3. The SMILES string of the molecule is CC(C)CC(=O)c1c(O)cc(O)c(C(=O)CC(C)C)c1O. The molecule has 1 aromatic carbocycles. The summed E-state index contributed by atoms with van der Waals surface area (Å²) in [6.07, 6.45) is 0.257. The number of hydrogen-bond donors (Lipinski definition) is 3. The lowest BCUT2D eigenvalue weighted by molar-refractivity contribution is 0.0960. The highest BCUT2D eigenvalue weighted by Gasteiger charge is 2.26. The third kappa shape index (κ3) is 3.97. The molecule has 0 unspecified atom stereocenters. The molecule has 5 heteroatoms. The van der Waals surface area contributed by atoms with Crippen LogP contribution in [0.15, 0.2) is 6.07 Å². The number of phenolic OH excluding ortho intramolecular Hbond substituents is 3. The second-order valence-electron chi connectivity index (χ2n) is 6.06. The van der Waals surface area contributed by atoms with Gasteiger partial charge in [0.1, 0.15) is 28.4 Å². The first-order chi connectivity index (χ1) is 9.65. The van der Waals surface area contributed by atoms with Crippen molar-refractivity contribution in [2.75, 3.05) is 0 Å². The lowest BCUT2D eigenvalue weighted by Gasteiger charge is -2.14. The molecule has 0 aromatic heterocycles. The highest BCUT2D eigenvalue weighted by molar-refractivity contribution is 6.08. The van der Waals surface area contributed by atoms with Crippen LogP contribution >= 0.6 is 0 Å². The standard InChI is InChI=1S/C16H22O5/c1-8(2)5-10(17)14-12(19)7-13(20)15(16(14)21)11(18)6-9(3)4/h7-9,19-21H,5-6H2,1-4H3. The van der Waals surface area contributed by atoms with Gasteiger partial charge in [-0.15, -0.1) is 0 Å². The van der Waals surface area contributed by atoms with E-state index < -0.39 is 28.8 Å². The zero-order valence-corrected chi connectivity index (χ0v) is 12.8. The Balaban J connectivity index is 3.35. The van der Waals surface area contributed by atoms with E-state index in [4.69, 9.17) is 0 Å². The van der Waals surface area contributed by atoms with Crippen molar-refractivity contribution in [2.45, 2.75) is 40.5 Å². The first-order valence-electron chi connectivity index (χ1n) is 6.99. The van der Waals surface area contributed by atoms with Gasteiger partial charge in [0, 0.05) is 18.9 Å². The third-order valence-electron chi connectivity index (χ3n) is 3.00. The predicted molar refractivity (Wildman–Crippen MR) is 79.0 cm³/mol. The molecule has 0 amide bonds. The van der Waals surface area contributed by atoms with Crippen LogP contribution in [0.25, 0.3) is 0 Å². The van der Waals surface area contributed by atoms with Gasteiger partial charge in [-0.05, 0) is 11.8 Å². The van der Waals surface area contributed by atoms with E-state index in [1.807, 2.05) is 27.7 Å². The van der Waals surface area contributed by atoms with Crippen LogP contribution in [-0.4, -0.2) is 26.9 Å². The summed E-state index contributed by atoms with van der Waals surface area (Å²) < 4.78 is 0. The first kappa shape index (κ1) is 17.0. The molecule has 3 N–H and O–H groups in total. The van der Waals surface area contributed by atoms with Crippen molar-refractivity contribution in [1.29, 1.82) is 0 Å². The van der Waals surface area contributed by atoms with Crippen molar-refractivity contribution in [3.05, 3.63) is 17.2 Å². The molecule has 0 heterocycles. The van der Waals surface area contributed by atoms with Gasteiger partial charge in [-0.2, -0.15) is 0 Å². The van der Waals surface area contributed by atoms with Crippen LogP contribution in [0.2, 0.25) is 0 Å². The van der Waals surface area contributed by atoms with Crippen molar-refractivity contribution in [1.82, 2.24) is 0 Å². The number of carbonyl (C=O) groups is 2. The van der Waals surface area contributed by atoms with Crippen LogP contribution in [0.4, 0.5) is 0 Å². The van der Waals surface area contributed by atoms with E-state index in [0.29, 0.717) is 0 Å². The molecule has 21 heavy (non-hydrogen) atoms. The summed E-state index contributed by atoms with van der Waals surface area (Å²) in [4.78, 5) is 24.2. The summed E-state index contributed by atoms with van der Waals surface area (Å²) in [6, 6.07) is 0.931. The van der Waals surface area contributed by atoms with Gasteiger partial charge >= 0.3 is 0 Å². The van der Waals surface area contributed by atoms with E-state index in [9.17, 15) is 24.9 Å². The first-order valence-corrected chi connectivity index (χ1v) is 6.99. The molecule has 1 aromatic rings. The van der Waals surface area contributed by atoms with Gasteiger partial charge in [-0.1, -0.05) is 27.7 Å². The summed E-state index contributed by atoms with van der Waals surface area (Å²) in [7, 11) is 0. The minimum absolute atomic E-state index is 0.0416. The number of ketones is 2. The van der Waals surface area contributed by atoms with Gasteiger partial charge in [-0.3, -0.25) is 9.59 Å². The Labute approximate surface area is 124 Å². The van der Waals surface area contributed by atoms with Crippen LogP contribution in [0, 0.1) is 11.8 Å². The molecule has 5 nitrogen and oxygen atoms in total. The summed E-state index contributed by atoms with van der Waals surface area (Å²) in [6.45, 7) is 7.32. The quantitative estimate of drug-likeness (QED) is 0.700. The Kier molecular flexibility index (Phi) is 5.35. The zero-order valence-electron chi connectivity index (χ0n) is 12.8. The molecule has 1 rings (SSSR count). The van der Waals surface area contributed by atoms with Gasteiger partial charge in [0.2, 0.25) is 0 Å². The lowest BCUT2D eigenvalue weighted by Crippen LogP contribution is -2.09. The Morgan fingerprint density at radius 3 is 1.48 bits per heavy atom. The fourth-order valence-electron chi connectivity index (χ4n) is 2.14. The predicted octanol–water partition coefficient (Wildman–Crippen LogP) is 3.26. The summed E-state index contributed by atoms with van der Waals surface area (Å²) in [5, 5.41) is 29.7. The van der Waals surface area contributed by atoms with Gasteiger partial charge in [-0.25, -0.2) is 0 Å². The Hall–Kier alpha value is -2.04. The molecule has 0 bridgehead atoms. The second-order valence-corrected chi connectivity index (χ2v) is 6.06. The summed E-state index contributed by atoms with van der Waals surface area (Å²) >= 11 is 0. The van der Waals surface area contributed by atoms with E-state index in [0.717, 1.165) is 6.07 Å². The molecular weight excluding hydrogens is 272 g/mol. The molecule has 0 radical (unpaired) electrons. The van der Waals surface area contributed by atoms with Crippen LogP contribution in [0.1, 0.15) is 61.3 Å². The largest absolute Gasteiger partial charge is 0.507 e. The van der Waals surface area contributed by atoms with E-state index in [1.165, 1.54) is 0 Å². The maximum atomic E-state index is 12.1. The third-order valence-corrected chi connectivity index (χ3v) is 3.00.